The fraction of sp³-hybridized carbons (Fsp3) is 0.960. The van der Waals surface area contributed by atoms with Gasteiger partial charge in [-0.05, 0) is 96.7 Å². The SMILES string of the molecule is CCCCCCC(CCCC)COC(=O)CCCCCCCCC(CCCCCCCCC(=O)OCC(CCCC)CCCCCC)N(CCCCN(C)C)OC. The van der Waals surface area contributed by atoms with Gasteiger partial charge in [-0.15, -0.1) is 0 Å². The Bertz CT molecular complexity index is 799. The Hall–Kier alpha value is -1.18. The summed E-state index contributed by atoms with van der Waals surface area (Å²) >= 11 is 0. The van der Waals surface area contributed by atoms with Crippen molar-refractivity contribution in [3.05, 3.63) is 0 Å². The van der Waals surface area contributed by atoms with E-state index in [4.69, 9.17) is 14.3 Å². The third-order valence-corrected chi connectivity index (χ3v) is 12.0. The van der Waals surface area contributed by atoms with Gasteiger partial charge in [0.2, 0.25) is 0 Å². The third-order valence-electron chi connectivity index (χ3n) is 12.0. The number of hydrogen-bond donors (Lipinski definition) is 0. The first-order chi connectivity index (χ1) is 27.8. The molecule has 0 spiro atoms. The van der Waals surface area contributed by atoms with Crippen LogP contribution >= 0.6 is 0 Å². The Morgan fingerprint density at radius 2 is 0.772 bits per heavy atom. The molecule has 0 N–H and O–H groups in total. The normalized spacial score (nSPS) is 13.4. The van der Waals surface area contributed by atoms with Crippen molar-refractivity contribution in [2.75, 3.05) is 47.5 Å². The highest BCUT2D eigenvalue weighted by Gasteiger charge is 2.18. The minimum Gasteiger partial charge on any atom is -0.465 e. The number of nitrogens with zero attached hydrogens (tertiary/aromatic N) is 2. The summed E-state index contributed by atoms with van der Waals surface area (Å²) in [4.78, 5) is 33.2. The highest BCUT2D eigenvalue weighted by Crippen LogP contribution is 2.22. The molecule has 0 fully saturated rings. The van der Waals surface area contributed by atoms with Crippen LogP contribution in [0.15, 0.2) is 0 Å². The van der Waals surface area contributed by atoms with Crippen molar-refractivity contribution < 1.29 is 23.9 Å². The molecule has 2 atom stereocenters. The highest BCUT2D eigenvalue weighted by molar-refractivity contribution is 5.69. The van der Waals surface area contributed by atoms with E-state index < -0.39 is 0 Å². The lowest BCUT2D eigenvalue weighted by Gasteiger charge is -2.30. The van der Waals surface area contributed by atoms with Gasteiger partial charge in [0, 0.05) is 25.4 Å². The fourth-order valence-electron chi connectivity index (χ4n) is 8.16. The van der Waals surface area contributed by atoms with Gasteiger partial charge in [-0.3, -0.25) is 9.59 Å². The van der Waals surface area contributed by atoms with Gasteiger partial charge in [-0.2, -0.15) is 5.06 Å². The van der Waals surface area contributed by atoms with Gasteiger partial charge in [0.1, 0.15) is 0 Å². The Morgan fingerprint density at radius 3 is 1.18 bits per heavy atom. The summed E-state index contributed by atoms with van der Waals surface area (Å²) in [6.07, 6.45) is 39.8. The molecule has 57 heavy (non-hydrogen) atoms. The van der Waals surface area contributed by atoms with Crippen molar-refractivity contribution in [1.29, 1.82) is 0 Å². The van der Waals surface area contributed by atoms with Crippen LogP contribution in [0.5, 0.6) is 0 Å². The van der Waals surface area contributed by atoms with Crippen LogP contribution in [0.25, 0.3) is 0 Å². The molecule has 0 radical (unpaired) electrons. The zero-order chi connectivity index (χ0) is 42.0. The van der Waals surface area contributed by atoms with Crippen molar-refractivity contribution >= 4 is 11.9 Å². The molecule has 0 amide bonds. The lowest BCUT2D eigenvalue weighted by Crippen LogP contribution is -2.35. The standard InChI is InChI=1S/C50H100N2O5/c1-8-12-16-26-36-46(34-14-10-3)44-56-49(53)40-30-24-20-18-22-28-38-48(52(55-7)43-33-32-42-51(5)6)39-29-23-19-21-25-31-41-50(54)57-45-47(35-15-11-4)37-27-17-13-9-2/h46-48H,8-45H2,1-7H3. The van der Waals surface area contributed by atoms with Crippen molar-refractivity contribution in [1.82, 2.24) is 9.96 Å². The third kappa shape index (κ3) is 37.6. The molecule has 2 unspecified atom stereocenters. The maximum atomic E-state index is 12.5. The minimum atomic E-state index is 0.00713. The predicted octanol–water partition coefficient (Wildman–Crippen LogP) is 14.4. The first kappa shape index (κ1) is 55.8. The molecule has 0 aliphatic heterocycles. The van der Waals surface area contributed by atoms with Crippen LogP contribution in [0, 0.1) is 11.8 Å². The minimum absolute atomic E-state index is 0.00713. The molecule has 0 heterocycles. The average molecular weight is 809 g/mol. The molecule has 0 saturated heterocycles. The largest absolute Gasteiger partial charge is 0.465 e. The number of hydroxylamine groups is 2. The molecular formula is C50H100N2O5. The molecule has 0 aliphatic carbocycles. The summed E-state index contributed by atoms with van der Waals surface area (Å²) in [7, 11) is 6.15. The second-order valence-electron chi connectivity index (χ2n) is 17.9. The molecule has 7 nitrogen and oxygen atoms in total. The van der Waals surface area contributed by atoms with Crippen LogP contribution in [-0.4, -0.2) is 75.5 Å². The summed E-state index contributed by atoms with van der Waals surface area (Å²) in [6.45, 7) is 12.4. The van der Waals surface area contributed by atoms with Gasteiger partial charge in [0.15, 0.2) is 0 Å². The molecule has 0 rings (SSSR count). The second-order valence-corrected chi connectivity index (χ2v) is 17.9. The molecule has 0 aliphatic rings. The predicted molar refractivity (Wildman–Crippen MR) is 245 cm³/mol. The molecule has 340 valence electrons. The van der Waals surface area contributed by atoms with E-state index in [2.05, 4.69) is 51.8 Å². The summed E-state index contributed by atoms with van der Waals surface area (Å²) in [5.74, 6) is 1.09. The zero-order valence-corrected chi connectivity index (χ0v) is 39.5. The molecule has 0 aromatic carbocycles. The Morgan fingerprint density at radius 1 is 0.421 bits per heavy atom. The zero-order valence-electron chi connectivity index (χ0n) is 39.5. The van der Waals surface area contributed by atoms with Crippen LogP contribution in [0.1, 0.15) is 246 Å². The number of hydrogen-bond acceptors (Lipinski definition) is 7. The van der Waals surface area contributed by atoms with E-state index in [-0.39, 0.29) is 11.9 Å². The smallest absolute Gasteiger partial charge is 0.305 e. The molecule has 0 saturated carbocycles. The number of esters is 2. The van der Waals surface area contributed by atoms with Crippen LogP contribution < -0.4 is 0 Å². The maximum Gasteiger partial charge on any atom is 0.305 e. The summed E-state index contributed by atoms with van der Waals surface area (Å²) < 4.78 is 11.5. The number of ether oxygens (including phenoxy) is 2. The topological polar surface area (TPSA) is 68.3 Å². The van der Waals surface area contributed by atoms with E-state index in [1.54, 1.807) is 0 Å². The average Bonchev–Trinajstić information content (AvgIpc) is 3.20. The molecule has 0 aromatic heterocycles. The van der Waals surface area contributed by atoms with E-state index in [0.717, 1.165) is 45.2 Å². The van der Waals surface area contributed by atoms with E-state index in [0.29, 0.717) is 43.9 Å². The van der Waals surface area contributed by atoms with Gasteiger partial charge in [0.25, 0.3) is 0 Å². The lowest BCUT2D eigenvalue weighted by molar-refractivity contribution is -0.166. The van der Waals surface area contributed by atoms with Crippen molar-refractivity contribution in [2.24, 2.45) is 11.8 Å². The van der Waals surface area contributed by atoms with Crippen molar-refractivity contribution in [3.8, 4) is 0 Å². The van der Waals surface area contributed by atoms with Gasteiger partial charge in [0.05, 0.1) is 20.3 Å². The molecule has 0 aromatic rings. The van der Waals surface area contributed by atoms with Crippen LogP contribution in [0.3, 0.4) is 0 Å². The lowest BCUT2D eigenvalue weighted by atomic mass is 9.96. The monoisotopic (exact) mass is 809 g/mol. The first-order valence-corrected chi connectivity index (χ1v) is 25.1. The van der Waals surface area contributed by atoms with Gasteiger partial charge in [-0.1, -0.05) is 169 Å². The van der Waals surface area contributed by atoms with E-state index in [1.165, 1.54) is 173 Å². The van der Waals surface area contributed by atoms with E-state index >= 15 is 0 Å². The van der Waals surface area contributed by atoms with Gasteiger partial charge < -0.3 is 19.2 Å². The van der Waals surface area contributed by atoms with E-state index in [9.17, 15) is 9.59 Å². The van der Waals surface area contributed by atoms with Crippen molar-refractivity contribution in [2.45, 2.75) is 252 Å². The van der Waals surface area contributed by atoms with E-state index in [1.807, 2.05) is 7.11 Å². The highest BCUT2D eigenvalue weighted by atomic mass is 16.7. The molecular weight excluding hydrogens is 709 g/mol. The van der Waals surface area contributed by atoms with Crippen LogP contribution in [0.2, 0.25) is 0 Å². The second kappa shape index (κ2) is 42.9. The number of unbranched alkanes of at least 4 members (excludes halogenated alkanes) is 19. The summed E-state index contributed by atoms with van der Waals surface area (Å²) in [5, 5.41) is 2.28. The first-order valence-electron chi connectivity index (χ1n) is 25.1. The Kier molecular flexibility index (Phi) is 42.0. The fourth-order valence-corrected chi connectivity index (χ4v) is 8.16. The quantitative estimate of drug-likeness (QED) is 0.0345. The van der Waals surface area contributed by atoms with Crippen molar-refractivity contribution in [3.63, 3.8) is 0 Å². The van der Waals surface area contributed by atoms with Gasteiger partial charge in [-0.25, -0.2) is 0 Å². The Balaban J connectivity index is 4.43. The maximum absolute atomic E-state index is 12.5. The summed E-state index contributed by atoms with van der Waals surface area (Å²) in [6, 6.07) is 0.472. The summed E-state index contributed by atoms with van der Waals surface area (Å²) in [5.41, 5.74) is 0. The molecule has 7 heteroatoms. The number of carbonyl (C=O) groups excluding carboxylic acids is 2. The van der Waals surface area contributed by atoms with Crippen LogP contribution in [-0.2, 0) is 23.9 Å². The Labute approximate surface area is 356 Å². The van der Waals surface area contributed by atoms with Gasteiger partial charge >= 0.3 is 11.9 Å². The van der Waals surface area contributed by atoms with Crippen LogP contribution in [0.4, 0.5) is 0 Å². The number of rotatable bonds is 45. The number of carbonyl (C=O) groups is 2. The molecule has 0 bridgehead atoms.